The van der Waals surface area contributed by atoms with E-state index in [1.165, 1.54) is 0 Å². The van der Waals surface area contributed by atoms with E-state index < -0.39 is 0 Å². The molecule has 1 aromatic carbocycles. The fourth-order valence-corrected chi connectivity index (χ4v) is 1.65. The second-order valence-electron chi connectivity index (χ2n) is 4.11. The lowest BCUT2D eigenvalue weighted by molar-refractivity contribution is 0.808. The van der Waals surface area contributed by atoms with Gasteiger partial charge in [-0.3, -0.25) is 0 Å². The molecule has 0 aliphatic rings. The van der Waals surface area contributed by atoms with Gasteiger partial charge in [0.05, 0.1) is 0 Å². The summed E-state index contributed by atoms with van der Waals surface area (Å²) in [6.07, 6.45) is 6.67. The number of nitrogens with one attached hydrogen (secondary N) is 2. The summed E-state index contributed by atoms with van der Waals surface area (Å²) in [7, 11) is 0. The summed E-state index contributed by atoms with van der Waals surface area (Å²) < 4.78 is 0. The second-order valence-corrected chi connectivity index (χ2v) is 4.11. The van der Waals surface area contributed by atoms with Crippen LogP contribution in [0.5, 0.6) is 0 Å². The lowest BCUT2D eigenvalue weighted by atomic mass is 10.1. The molecule has 0 saturated carbocycles. The van der Waals surface area contributed by atoms with E-state index in [0.29, 0.717) is 0 Å². The number of hydrogen-bond acceptors (Lipinski definition) is 4. The fourth-order valence-electron chi connectivity index (χ4n) is 1.65. The van der Waals surface area contributed by atoms with Crippen molar-refractivity contribution in [2.75, 3.05) is 17.6 Å². The third-order valence-electron chi connectivity index (χ3n) is 2.57. The summed E-state index contributed by atoms with van der Waals surface area (Å²) in [5.74, 6) is 0.808. The van der Waals surface area contributed by atoms with Crippen molar-refractivity contribution >= 4 is 22.3 Å². The molecule has 4 heteroatoms. The fraction of sp³-hybridized carbons (Fsp3) is 0.214. The van der Waals surface area contributed by atoms with Crippen LogP contribution in [-0.4, -0.2) is 11.5 Å². The van der Waals surface area contributed by atoms with E-state index in [2.05, 4.69) is 22.5 Å². The van der Waals surface area contributed by atoms with Crippen molar-refractivity contribution < 1.29 is 0 Å². The average molecular weight is 242 g/mol. The Morgan fingerprint density at radius 1 is 1.22 bits per heavy atom. The van der Waals surface area contributed by atoms with Crippen LogP contribution in [0.15, 0.2) is 42.9 Å². The zero-order chi connectivity index (χ0) is 12.8. The molecular weight excluding hydrogens is 224 g/mol. The molecule has 4 N–H and O–H groups in total. The summed E-state index contributed by atoms with van der Waals surface area (Å²) in [5.41, 5.74) is 6.53. The van der Waals surface area contributed by atoms with Crippen LogP contribution >= 0.6 is 0 Å². The summed E-state index contributed by atoms with van der Waals surface area (Å²) in [4.78, 5) is 4.32. The Morgan fingerprint density at radius 3 is 2.94 bits per heavy atom. The molecule has 0 aliphatic heterocycles. The van der Waals surface area contributed by atoms with Crippen molar-refractivity contribution in [2.45, 2.75) is 13.3 Å². The lowest BCUT2D eigenvalue weighted by Gasteiger charge is -2.03. The van der Waals surface area contributed by atoms with Crippen LogP contribution < -0.4 is 16.4 Å². The predicted octanol–water partition coefficient (Wildman–Crippen LogP) is 2.70. The molecule has 4 nitrogen and oxygen atoms in total. The van der Waals surface area contributed by atoms with Gasteiger partial charge >= 0.3 is 0 Å². The van der Waals surface area contributed by atoms with E-state index in [4.69, 9.17) is 5.73 Å². The van der Waals surface area contributed by atoms with E-state index >= 15 is 0 Å². The zero-order valence-corrected chi connectivity index (χ0v) is 10.5. The van der Waals surface area contributed by atoms with E-state index in [9.17, 15) is 0 Å². The first kappa shape index (κ1) is 12.2. The number of nitrogens with zero attached hydrogens (tertiary/aromatic N) is 1. The molecule has 0 saturated heterocycles. The monoisotopic (exact) mass is 242 g/mol. The second kappa shape index (κ2) is 5.91. The van der Waals surface area contributed by atoms with Crippen molar-refractivity contribution in [1.29, 1.82) is 0 Å². The molecule has 0 spiro atoms. The first-order chi connectivity index (χ1) is 8.79. The van der Waals surface area contributed by atoms with E-state index in [-0.39, 0.29) is 0 Å². The number of rotatable bonds is 5. The van der Waals surface area contributed by atoms with E-state index in [1.807, 2.05) is 42.9 Å². The van der Waals surface area contributed by atoms with Gasteiger partial charge in [-0.2, -0.15) is 0 Å². The molecular formula is C14H18N4. The summed E-state index contributed by atoms with van der Waals surface area (Å²) in [5, 5.41) is 8.45. The van der Waals surface area contributed by atoms with Gasteiger partial charge in [0, 0.05) is 36.2 Å². The minimum absolute atomic E-state index is 0.764. The van der Waals surface area contributed by atoms with E-state index in [1.54, 1.807) is 0 Å². The van der Waals surface area contributed by atoms with Crippen molar-refractivity contribution in [2.24, 2.45) is 0 Å². The lowest BCUT2D eigenvalue weighted by Crippen LogP contribution is -2.06. The maximum absolute atomic E-state index is 5.76. The molecule has 0 atom stereocenters. The number of fused-ring (bicyclic) bond motifs is 1. The van der Waals surface area contributed by atoms with Gasteiger partial charge in [0.25, 0.3) is 0 Å². The van der Waals surface area contributed by atoms with Crippen molar-refractivity contribution in [3.8, 4) is 0 Å². The molecule has 0 aliphatic carbocycles. The number of pyridine rings is 1. The molecule has 18 heavy (non-hydrogen) atoms. The highest BCUT2D eigenvalue weighted by Gasteiger charge is 1.96. The van der Waals surface area contributed by atoms with Crippen LogP contribution in [0, 0.1) is 0 Å². The highest BCUT2D eigenvalue weighted by Crippen LogP contribution is 2.19. The number of aromatic nitrogens is 1. The van der Waals surface area contributed by atoms with Gasteiger partial charge in [-0.05, 0) is 30.0 Å². The molecule has 1 aromatic heterocycles. The van der Waals surface area contributed by atoms with Crippen molar-refractivity contribution in [1.82, 2.24) is 10.3 Å². The Morgan fingerprint density at radius 2 is 2.11 bits per heavy atom. The smallest absolute Gasteiger partial charge is 0.130 e. The quantitative estimate of drug-likeness (QED) is 0.557. The number of benzene rings is 1. The van der Waals surface area contributed by atoms with Crippen LogP contribution in [0.3, 0.4) is 0 Å². The minimum Gasteiger partial charge on any atom is -0.399 e. The maximum Gasteiger partial charge on any atom is 0.130 e. The van der Waals surface area contributed by atoms with Gasteiger partial charge in [-0.25, -0.2) is 4.98 Å². The molecule has 0 bridgehead atoms. The van der Waals surface area contributed by atoms with Crippen LogP contribution in [0.2, 0.25) is 0 Å². The minimum atomic E-state index is 0.764. The highest BCUT2D eigenvalue weighted by atomic mass is 15.0. The Kier molecular flexibility index (Phi) is 4.02. The summed E-state index contributed by atoms with van der Waals surface area (Å²) in [6.45, 7) is 3.10. The standard InChI is InChI=1S/C14H18N4/c1-2-5-16-6-7-17-14-9-12-8-13(15)4-3-11(12)10-18-14/h3-4,6-10,16H,2,5,15H2,1H3,(H,17,18)/b7-6+. The average Bonchev–Trinajstić information content (AvgIpc) is 2.38. The van der Waals surface area contributed by atoms with Gasteiger partial charge in [0.1, 0.15) is 5.82 Å². The Balaban J connectivity index is 2.07. The molecule has 2 rings (SSSR count). The largest absolute Gasteiger partial charge is 0.399 e. The summed E-state index contributed by atoms with van der Waals surface area (Å²) in [6, 6.07) is 7.78. The predicted molar refractivity (Wildman–Crippen MR) is 77.2 cm³/mol. The third-order valence-corrected chi connectivity index (χ3v) is 2.57. The molecule has 0 amide bonds. The van der Waals surface area contributed by atoms with Crippen molar-refractivity contribution in [3.05, 3.63) is 42.9 Å². The van der Waals surface area contributed by atoms with Gasteiger partial charge in [-0.1, -0.05) is 13.0 Å². The number of hydrogen-bond donors (Lipinski definition) is 3. The van der Waals surface area contributed by atoms with E-state index in [0.717, 1.165) is 35.2 Å². The van der Waals surface area contributed by atoms with Crippen LogP contribution in [0.1, 0.15) is 13.3 Å². The summed E-state index contributed by atoms with van der Waals surface area (Å²) >= 11 is 0. The normalized spacial score (nSPS) is 10.9. The van der Waals surface area contributed by atoms with Crippen LogP contribution in [-0.2, 0) is 0 Å². The van der Waals surface area contributed by atoms with Gasteiger partial charge in [0.15, 0.2) is 0 Å². The zero-order valence-electron chi connectivity index (χ0n) is 10.5. The first-order valence-electron chi connectivity index (χ1n) is 6.10. The highest BCUT2D eigenvalue weighted by molar-refractivity contribution is 5.86. The number of nitrogen functional groups attached to an aromatic ring is 1. The molecule has 0 unspecified atom stereocenters. The SMILES string of the molecule is CCCN/C=C/Nc1cc2cc(N)ccc2cn1. The number of anilines is 2. The van der Waals surface area contributed by atoms with Crippen molar-refractivity contribution in [3.63, 3.8) is 0 Å². The van der Waals surface area contributed by atoms with Crippen LogP contribution in [0.4, 0.5) is 11.5 Å². The Bertz CT molecular complexity index is 548. The van der Waals surface area contributed by atoms with Gasteiger partial charge in [-0.15, -0.1) is 0 Å². The number of nitrogens with two attached hydrogens (primary N) is 1. The van der Waals surface area contributed by atoms with Gasteiger partial charge in [0.2, 0.25) is 0 Å². The topological polar surface area (TPSA) is 63.0 Å². The Hall–Kier alpha value is -2.23. The molecule has 94 valence electrons. The first-order valence-corrected chi connectivity index (χ1v) is 6.10. The third kappa shape index (κ3) is 3.13. The Labute approximate surface area is 107 Å². The molecule has 0 fully saturated rings. The van der Waals surface area contributed by atoms with Crippen LogP contribution in [0.25, 0.3) is 10.8 Å². The molecule has 1 heterocycles. The molecule has 0 radical (unpaired) electrons. The maximum atomic E-state index is 5.76. The molecule has 2 aromatic rings. The van der Waals surface area contributed by atoms with Gasteiger partial charge < -0.3 is 16.4 Å².